The molecule has 1 saturated heterocycles. The van der Waals surface area contributed by atoms with Crippen LogP contribution in [0.4, 0.5) is 10.6 Å². The summed E-state index contributed by atoms with van der Waals surface area (Å²) >= 11 is 0. The van der Waals surface area contributed by atoms with Crippen LogP contribution >= 0.6 is 0 Å². The molecule has 0 bridgehead atoms. The maximum atomic E-state index is 12.8. The number of carbonyl (C=O) groups is 1. The van der Waals surface area contributed by atoms with E-state index in [2.05, 4.69) is 10.4 Å². The Hall–Kier alpha value is -2.28. The van der Waals surface area contributed by atoms with Crippen LogP contribution in [0.5, 0.6) is 0 Å². The number of amides is 2. The lowest BCUT2D eigenvalue weighted by molar-refractivity contribution is 0.00705. The zero-order chi connectivity index (χ0) is 17.3. The van der Waals surface area contributed by atoms with Crippen LogP contribution in [0.2, 0.25) is 0 Å². The molecule has 1 N–H and O–H groups in total. The highest BCUT2D eigenvalue weighted by Crippen LogP contribution is 2.27. The van der Waals surface area contributed by atoms with Crippen molar-refractivity contribution in [3.05, 3.63) is 35.9 Å². The minimum absolute atomic E-state index is 0.177. The summed E-state index contributed by atoms with van der Waals surface area (Å²) in [4.78, 5) is 14.6. The molecular formula is C17H24N4O3. The Labute approximate surface area is 141 Å². The number of morpholine rings is 1. The highest BCUT2D eigenvalue weighted by atomic mass is 16.5. The first-order valence-corrected chi connectivity index (χ1v) is 8.12. The van der Waals surface area contributed by atoms with E-state index in [1.165, 1.54) is 0 Å². The molecule has 2 amide bonds. The van der Waals surface area contributed by atoms with Gasteiger partial charge in [0.1, 0.15) is 23.4 Å². The number of nitrogens with zero attached hydrogens (tertiary/aromatic N) is 3. The number of aromatic nitrogens is 2. The molecule has 7 nitrogen and oxygen atoms in total. The van der Waals surface area contributed by atoms with Crippen LogP contribution in [0.3, 0.4) is 0 Å². The zero-order valence-corrected chi connectivity index (χ0v) is 14.6. The van der Waals surface area contributed by atoms with Crippen molar-refractivity contribution in [1.82, 2.24) is 14.7 Å². The molecule has 0 radical (unpaired) electrons. The summed E-state index contributed by atoms with van der Waals surface area (Å²) in [5, 5.41) is 7.27. The SMILES string of the molecule is Cc1ccc(C2COCCN2C(=O)Nc2ccnn2C(C)(C)C)o1. The van der Waals surface area contributed by atoms with Gasteiger partial charge in [0, 0.05) is 12.6 Å². The van der Waals surface area contributed by atoms with Crippen LogP contribution in [0.25, 0.3) is 0 Å². The van der Waals surface area contributed by atoms with Gasteiger partial charge in [-0.2, -0.15) is 5.10 Å². The Morgan fingerprint density at radius 3 is 2.79 bits per heavy atom. The van der Waals surface area contributed by atoms with Gasteiger partial charge in [0.15, 0.2) is 0 Å². The van der Waals surface area contributed by atoms with Crippen LogP contribution in [0, 0.1) is 6.92 Å². The third-order valence-corrected chi connectivity index (χ3v) is 3.99. The number of hydrogen-bond acceptors (Lipinski definition) is 4. The summed E-state index contributed by atoms with van der Waals surface area (Å²) in [6.07, 6.45) is 1.69. The molecule has 3 heterocycles. The second-order valence-electron chi connectivity index (χ2n) is 6.96. The van der Waals surface area contributed by atoms with Crippen molar-refractivity contribution in [3.63, 3.8) is 0 Å². The lowest BCUT2D eigenvalue weighted by Crippen LogP contribution is -2.45. The van der Waals surface area contributed by atoms with E-state index in [0.717, 1.165) is 11.5 Å². The molecule has 7 heteroatoms. The van der Waals surface area contributed by atoms with Crippen LogP contribution in [0.1, 0.15) is 38.3 Å². The number of carbonyl (C=O) groups excluding carboxylic acids is 1. The summed E-state index contributed by atoms with van der Waals surface area (Å²) in [7, 11) is 0. The average molecular weight is 332 g/mol. The quantitative estimate of drug-likeness (QED) is 0.917. The predicted octanol–water partition coefficient (Wildman–Crippen LogP) is 3.14. The van der Waals surface area contributed by atoms with E-state index in [9.17, 15) is 4.79 Å². The number of furan rings is 1. The molecule has 3 rings (SSSR count). The minimum atomic E-state index is -0.224. The Balaban J connectivity index is 1.79. The molecular weight excluding hydrogens is 308 g/mol. The van der Waals surface area contributed by atoms with Crippen LogP contribution < -0.4 is 5.32 Å². The molecule has 2 aromatic rings. The fourth-order valence-electron chi connectivity index (χ4n) is 2.83. The van der Waals surface area contributed by atoms with Gasteiger partial charge in [-0.15, -0.1) is 0 Å². The van der Waals surface area contributed by atoms with Gasteiger partial charge in [0.25, 0.3) is 0 Å². The number of nitrogens with one attached hydrogen (secondary N) is 1. The van der Waals surface area contributed by atoms with Crippen LogP contribution in [-0.2, 0) is 10.3 Å². The lowest BCUT2D eigenvalue weighted by atomic mass is 10.1. The monoisotopic (exact) mass is 332 g/mol. The number of anilines is 1. The number of hydrogen-bond donors (Lipinski definition) is 1. The molecule has 0 aliphatic carbocycles. The van der Waals surface area contributed by atoms with E-state index in [1.54, 1.807) is 21.8 Å². The molecule has 130 valence electrons. The second kappa shape index (κ2) is 6.32. The van der Waals surface area contributed by atoms with E-state index in [1.807, 2.05) is 39.8 Å². The van der Waals surface area contributed by atoms with Gasteiger partial charge in [-0.1, -0.05) is 0 Å². The van der Waals surface area contributed by atoms with Gasteiger partial charge in [-0.3, -0.25) is 5.32 Å². The first-order chi connectivity index (χ1) is 11.4. The molecule has 0 aromatic carbocycles. The molecule has 24 heavy (non-hydrogen) atoms. The fourth-order valence-corrected chi connectivity index (χ4v) is 2.83. The molecule has 2 aromatic heterocycles. The molecule has 0 saturated carbocycles. The summed E-state index contributed by atoms with van der Waals surface area (Å²) in [5.74, 6) is 2.24. The molecule has 1 aliphatic heterocycles. The summed E-state index contributed by atoms with van der Waals surface area (Å²) < 4.78 is 13.0. The van der Waals surface area contributed by atoms with Crippen molar-refractivity contribution in [2.24, 2.45) is 0 Å². The molecule has 1 fully saturated rings. The summed E-state index contributed by atoms with van der Waals surface area (Å²) in [6.45, 7) is 9.47. The van der Waals surface area contributed by atoms with Crippen molar-refractivity contribution in [3.8, 4) is 0 Å². The molecule has 1 aliphatic rings. The second-order valence-corrected chi connectivity index (χ2v) is 6.96. The standard InChI is InChI=1S/C17H24N4O3/c1-12-5-6-14(24-12)13-11-23-10-9-20(13)16(22)19-15-7-8-18-21(15)17(2,3)4/h5-8,13H,9-11H2,1-4H3,(H,19,22). The summed E-state index contributed by atoms with van der Waals surface area (Å²) in [6, 6.07) is 5.19. The zero-order valence-electron chi connectivity index (χ0n) is 14.6. The van der Waals surface area contributed by atoms with E-state index in [0.29, 0.717) is 25.6 Å². The largest absolute Gasteiger partial charge is 0.464 e. The first kappa shape index (κ1) is 16.6. The van der Waals surface area contributed by atoms with Gasteiger partial charge in [0.2, 0.25) is 0 Å². The third-order valence-electron chi connectivity index (χ3n) is 3.99. The number of urea groups is 1. The van der Waals surface area contributed by atoms with Gasteiger partial charge in [-0.25, -0.2) is 9.48 Å². The van der Waals surface area contributed by atoms with Gasteiger partial charge in [0.05, 0.1) is 24.9 Å². The Kier molecular flexibility index (Phi) is 4.36. The number of rotatable bonds is 2. The molecule has 0 spiro atoms. The average Bonchev–Trinajstić information content (AvgIpc) is 3.15. The Morgan fingerprint density at radius 1 is 1.33 bits per heavy atom. The third kappa shape index (κ3) is 3.31. The van der Waals surface area contributed by atoms with Crippen molar-refractivity contribution >= 4 is 11.8 Å². The highest BCUT2D eigenvalue weighted by Gasteiger charge is 2.31. The van der Waals surface area contributed by atoms with E-state index < -0.39 is 0 Å². The molecule has 1 unspecified atom stereocenters. The number of ether oxygens (including phenoxy) is 1. The van der Waals surface area contributed by atoms with Crippen LogP contribution in [-0.4, -0.2) is 40.5 Å². The first-order valence-electron chi connectivity index (χ1n) is 8.12. The molecule has 1 atom stereocenters. The maximum Gasteiger partial charge on any atom is 0.323 e. The normalized spacial score (nSPS) is 18.7. The van der Waals surface area contributed by atoms with E-state index in [4.69, 9.17) is 9.15 Å². The van der Waals surface area contributed by atoms with Crippen molar-refractivity contribution in [1.29, 1.82) is 0 Å². The van der Waals surface area contributed by atoms with Crippen molar-refractivity contribution < 1.29 is 13.9 Å². The van der Waals surface area contributed by atoms with Gasteiger partial charge < -0.3 is 14.1 Å². The predicted molar refractivity (Wildman–Crippen MR) is 90.0 cm³/mol. The Bertz CT molecular complexity index is 713. The highest BCUT2D eigenvalue weighted by molar-refractivity contribution is 5.88. The fraction of sp³-hybridized carbons (Fsp3) is 0.529. The van der Waals surface area contributed by atoms with Gasteiger partial charge >= 0.3 is 6.03 Å². The Morgan fingerprint density at radius 2 is 2.12 bits per heavy atom. The van der Waals surface area contributed by atoms with Crippen molar-refractivity contribution in [2.75, 3.05) is 25.1 Å². The minimum Gasteiger partial charge on any atom is -0.464 e. The summed E-state index contributed by atoms with van der Waals surface area (Å²) in [5.41, 5.74) is -0.214. The van der Waals surface area contributed by atoms with Crippen molar-refractivity contribution in [2.45, 2.75) is 39.3 Å². The number of aryl methyl sites for hydroxylation is 1. The smallest absolute Gasteiger partial charge is 0.323 e. The lowest BCUT2D eigenvalue weighted by Gasteiger charge is -2.34. The van der Waals surface area contributed by atoms with E-state index in [-0.39, 0.29) is 17.6 Å². The maximum absolute atomic E-state index is 12.8. The van der Waals surface area contributed by atoms with Crippen LogP contribution in [0.15, 0.2) is 28.8 Å². The van der Waals surface area contributed by atoms with E-state index >= 15 is 0 Å². The van der Waals surface area contributed by atoms with Gasteiger partial charge in [-0.05, 0) is 39.8 Å². The topological polar surface area (TPSA) is 72.5 Å².